The van der Waals surface area contributed by atoms with Gasteiger partial charge in [-0.25, -0.2) is 9.18 Å². The molecule has 1 fully saturated rings. The average molecular weight is 305 g/mol. The van der Waals surface area contributed by atoms with Crippen LogP contribution >= 0.6 is 0 Å². The molecule has 2 N–H and O–H groups in total. The first-order chi connectivity index (χ1) is 9.79. The molecule has 1 saturated heterocycles. The number of hydrogen-bond donors (Lipinski definition) is 2. The number of piperazine rings is 1. The van der Waals surface area contributed by atoms with Gasteiger partial charge in [-0.2, -0.15) is 13.2 Å². The number of carbonyl (C=O) groups excluding carboxylic acids is 1. The van der Waals surface area contributed by atoms with Crippen LogP contribution in [0.3, 0.4) is 0 Å². The van der Waals surface area contributed by atoms with Crippen LogP contribution in [0.15, 0.2) is 18.2 Å². The van der Waals surface area contributed by atoms with Crippen molar-refractivity contribution in [1.82, 2.24) is 10.2 Å². The molecule has 1 aliphatic heterocycles. The predicted octanol–water partition coefficient (Wildman–Crippen LogP) is 2.67. The lowest BCUT2D eigenvalue weighted by Crippen LogP contribution is -2.53. The van der Waals surface area contributed by atoms with E-state index in [1.165, 1.54) is 0 Å². The number of anilines is 1. The average Bonchev–Trinajstić information content (AvgIpc) is 2.37. The Balaban J connectivity index is 2.09. The zero-order chi connectivity index (χ0) is 15.6. The molecule has 8 heteroatoms. The van der Waals surface area contributed by atoms with Crippen LogP contribution in [-0.2, 0) is 6.18 Å². The van der Waals surface area contributed by atoms with Crippen molar-refractivity contribution < 1.29 is 22.4 Å². The zero-order valence-electron chi connectivity index (χ0n) is 11.3. The van der Waals surface area contributed by atoms with Gasteiger partial charge in [-0.05, 0) is 25.1 Å². The van der Waals surface area contributed by atoms with E-state index in [0.29, 0.717) is 31.8 Å². The summed E-state index contributed by atoms with van der Waals surface area (Å²) in [5.41, 5.74) is -1.35. The predicted molar refractivity (Wildman–Crippen MR) is 69.5 cm³/mol. The van der Waals surface area contributed by atoms with Crippen molar-refractivity contribution in [3.8, 4) is 0 Å². The molecule has 1 heterocycles. The summed E-state index contributed by atoms with van der Waals surface area (Å²) in [6, 6.07) is 1.83. The number of benzene rings is 1. The summed E-state index contributed by atoms with van der Waals surface area (Å²) in [6.07, 6.45) is -4.75. The number of nitrogens with zero attached hydrogens (tertiary/aromatic N) is 1. The quantitative estimate of drug-likeness (QED) is 0.784. The minimum atomic E-state index is -4.75. The van der Waals surface area contributed by atoms with Crippen LogP contribution in [0.5, 0.6) is 0 Å². The fourth-order valence-corrected chi connectivity index (χ4v) is 2.16. The molecule has 0 aliphatic carbocycles. The summed E-state index contributed by atoms with van der Waals surface area (Å²) < 4.78 is 50.7. The molecule has 4 nitrogen and oxygen atoms in total. The van der Waals surface area contributed by atoms with Gasteiger partial charge in [0.15, 0.2) is 0 Å². The van der Waals surface area contributed by atoms with E-state index in [0.717, 1.165) is 6.07 Å². The molecule has 2 rings (SSSR count). The summed E-state index contributed by atoms with van der Waals surface area (Å²) in [4.78, 5) is 13.6. The van der Waals surface area contributed by atoms with Crippen molar-refractivity contribution in [3.63, 3.8) is 0 Å². The Hall–Kier alpha value is -1.83. The number of amides is 2. The fourth-order valence-electron chi connectivity index (χ4n) is 2.16. The third-order valence-electron chi connectivity index (χ3n) is 3.29. The zero-order valence-corrected chi connectivity index (χ0v) is 11.3. The smallest absolute Gasteiger partial charge is 0.319 e. The van der Waals surface area contributed by atoms with Gasteiger partial charge in [-0.15, -0.1) is 0 Å². The summed E-state index contributed by atoms with van der Waals surface area (Å²) in [7, 11) is 0. The van der Waals surface area contributed by atoms with Gasteiger partial charge in [0.25, 0.3) is 0 Å². The summed E-state index contributed by atoms with van der Waals surface area (Å²) in [5, 5.41) is 5.52. The second-order valence-corrected chi connectivity index (χ2v) is 4.87. The van der Waals surface area contributed by atoms with Gasteiger partial charge in [-0.3, -0.25) is 0 Å². The van der Waals surface area contributed by atoms with Crippen molar-refractivity contribution in [2.45, 2.75) is 19.1 Å². The first-order valence-corrected chi connectivity index (χ1v) is 6.44. The first kappa shape index (κ1) is 15.6. The Labute approximate surface area is 119 Å². The fraction of sp³-hybridized carbons (Fsp3) is 0.462. The van der Waals surface area contributed by atoms with Crippen molar-refractivity contribution in [1.29, 1.82) is 0 Å². The normalized spacial score (nSPS) is 19.5. The number of rotatable bonds is 1. The summed E-state index contributed by atoms with van der Waals surface area (Å²) in [6.45, 7) is 3.60. The molecule has 1 aliphatic rings. The molecule has 1 aromatic carbocycles. The lowest BCUT2D eigenvalue weighted by atomic mass is 10.2. The largest absolute Gasteiger partial charge is 0.419 e. The number of nitrogens with one attached hydrogen (secondary N) is 2. The Morgan fingerprint density at radius 2 is 2.14 bits per heavy atom. The van der Waals surface area contributed by atoms with Gasteiger partial charge in [0.05, 0.1) is 5.56 Å². The summed E-state index contributed by atoms with van der Waals surface area (Å²) in [5.74, 6) is -1.41. The van der Waals surface area contributed by atoms with Crippen LogP contribution in [0.2, 0.25) is 0 Å². The van der Waals surface area contributed by atoms with Gasteiger partial charge in [0.1, 0.15) is 5.82 Å². The van der Waals surface area contributed by atoms with E-state index in [1.807, 2.05) is 6.92 Å². The van der Waals surface area contributed by atoms with E-state index in [1.54, 1.807) is 4.90 Å². The highest BCUT2D eigenvalue weighted by Crippen LogP contribution is 2.32. The lowest BCUT2D eigenvalue weighted by molar-refractivity contribution is -0.139. The molecule has 116 valence electrons. The molecule has 1 atom stereocenters. The van der Waals surface area contributed by atoms with Gasteiger partial charge in [0.2, 0.25) is 0 Å². The highest BCUT2D eigenvalue weighted by molar-refractivity contribution is 5.89. The summed E-state index contributed by atoms with van der Waals surface area (Å²) >= 11 is 0. The van der Waals surface area contributed by atoms with E-state index in [9.17, 15) is 22.4 Å². The van der Waals surface area contributed by atoms with Gasteiger partial charge in [-0.1, -0.05) is 0 Å². The standard InChI is InChI=1S/C13H15F4N3O/c1-8-7-18-4-5-20(8)12(21)19-9-2-3-10(11(14)6-9)13(15,16)17/h2-3,6,8,18H,4-5,7H2,1H3,(H,19,21). The van der Waals surface area contributed by atoms with Crippen LogP contribution in [0, 0.1) is 5.82 Å². The number of hydrogen-bond acceptors (Lipinski definition) is 2. The molecule has 0 aromatic heterocycles. The topological polar surface area (TPSA) is 44.4 Å². The lowest BCUT2D eigenvalue weighted by Gasteiger charge is -2.33. The van der Waals surface area contributed by atoms with Crippen LogP contribution in [0.25, 0.3) is 0 Å². The van der Waals surface area contributed by atoms with Crippen LogP contribution in [-0.4, -0.2) is 36.6 Å². The molecule has 1 unspecified atom stereocenters. The first-order valence-electron chi connectivity index (χ1n) is 6.44. The van der Waals surface area contributed by atoms with Gasteiger partial charge >= 0.3 is 12.2 Å². The third kappa shape index (κ3) is 3.63. The Morgan fingerprint density at radius 1 is 1.43 bits per heavy atom. The Kier molecular flexibility index (Phi) is 4.36. The molecular weight excluding hydrogens is 290 g/mol. The van der Waals surface area contributed by atoms with Crippen molar-refractivity contribution in [3.05, 3.63) is 29.6 Å². The van der Waals surface area contributed by atoms with Crippen molar-refractivity contribution in [2.75, 3.05) is 25.0 Å². The Bertz CT molecular complexity index is 533. The van der Waals surface area contributed by atoms with E-state index in [2.05, 4.69) is 10.6 Å². The minimum absolute atomic E-state index is 0.00349. The maximum atomic E-state index is 13.4. The molecule has 2 amide bonds. The monoisotopic (exact) mass is 305 g/mol. The van der Waals surface area contributed by atoms with Crippen molar-refractivity contribution >= 4 is 11.7 Å². The second kappa shape index (κ2) is 5.88. The molecule has 21 heavy (non-hydrogen) atoms. The second-order valence-electron chi connectivity index (χ2n) is 4.87. The van der Waals surface area contributed by atoms with Gasteiger partial charge < -0.3 is 15.5 Å². The Morgan fingerprint density at radius 3 is 2.71 bits per heavy atom. The molecular formula is C13H15F4N3O. The van der Waals surface area contributed by atoms with E-state index in [-0.39, 0.29) is 11.7 Å². The number of halogens is 4. The molecule has 0 spiro atoms. The molecule has 0 saturated carbocycles. The number of urea groups is 1. The van der Waals surface area contributed by atoms with E-state index >= 15 is 0 Å². The number of alkyl halides is 3. The van der Waals surface area contributed by atoms with Gasteiger partial charge in [0, 0.05) is 31.4 Å². The SMILES string of the molecule is CC1CNCCN1C(=O)Nc1ccc(C(F)(F)F)c(F)c1. The van der Waals surface area contributed by atoms with Crippen molar-refractivity contribution in [2.24, 2.45) is 0 Å². The molecule has 0 radical (unpaired) electrons. The maximum Gasteiger partial charge on any atom is 0.419 e. The highest BCUT2D eigenvalue weighted by atomic mass is 19.4. The van der Waals surface area contributed by atoms with E-state index in [4.69, 9.17) is 0 Å². The number of carbonyl (C=O) groups is 1. The van der Waals surface area contributed by atoms with E-state index < -0.39 is 23.6 Å². The molecule has 0 bridgehead atoms. The van der Waals surface area contributed by atoms with Crippen LogP contribution in [0.1, 0.15) is 12.5 Å². The van der Waals surface area contributed by atoms with Crippen LogP contribution < -0.4 is 10.6 Å². The maximum absolute atomic E-state index is 13.4. The third-order valence-corrected chi connectivity index (χ3v) is 3.29. The molecule has 1 aromatic rings. The minimum Gasteiger partial charge on any atom is -0.319 e. The highest BCUT2D eigenvalue weighted by Gasteiger charge is 2.34. The van der Waals surface area contributed by atoms with Crippen LogP contribution in [0.4, 0.5) is 28.0 Å².